The highest BCUT2D eigenvalue weighted by Crippen LogP contribution is 2.30. The second-order valence-corrected chi connectivity index (χ2v) is 12.6. The lowest BCUT2D eigenvalue weighted by Gasteiger charge is -2.34. The number of rotatable bonds is 7. The summed E-state index contributed by atoms with van der Waals surface area (Å²) in [6.45, 7) is 6.94. The number of carbonyl (C=O) groups excluding carboxylic acids is 1. The molecule has 2 aliphatic heterocycles. The molecule has 0 radical (unpaired) electrons. The average molecular weight is 546 g/mol. The van der Waals surface area contributed by atoms with E-state index in [9.17, 15) is 17.6 Å². The Balaban J connectivity index is 1.09. The highest BCUT2D eigenvalue weighted by Gasteiger charge is 2.31. The third kappa shape index (κ3) is 5.64. The summed E-state index contributed by atoms with van der Waals surface area (Å²) < 4.78 is 42.4. The van der Waals surface area contributed by atoms with Gasteiger partial charge in [-0.2, -0.15) is 4.31 Å². The van der Waals surface area contributed by atoms with Crippen LogP contribution < -0.4 is 10.2 Å². The fraction of sp³-hybridized carbons (Fsp3) is 0.462. The highest BCUT2D eigenvalue weighted by atomic mass is 32.2. The Kier molecular flexibility index (Phi) is 7.75. The zero-order valence-corrected chi connectivity index (χ0v) is 22.5. The van der Waals surface area contributed by atoms with Crippen LogP contribution in [0.4, 0.5) is 9.52 Å². The number of piperazine rings is 1. The predicted molar refractivity (Wildman–Crippen MR) is 144 cm³/mol. The van der Waals surface area contributed by atoms with Gasteiger partial charge in [0.15, 0.2) is 5.13 Å². The summed E-state index contributed by atoms with van der Waals surface area (Å²) in [6.07, 6.45) is 2.80. The summed E-state index contributed by atoms with van der Waals surface area (Å²) in [5.74, 6) is -0.507. The first-order valence-corrected chi connectivity index (χ1v) is 15.0. The third-order valence-electron chi connectivity index (χ3n) is 7.18. The highest BCUT2D eigenvalue weighted by molar-refractivity contribution is 7.89. The number of fused-ring (bicyclic) bond motifs is 1. The van der Waals surface area contributed by atoms with Gasteiger partial charge in [0.25, 0.3) is 5.91 Å². The van der Waals surface area contributed by atoms with Crippen molar-refractivity contribution in [3.8, 4) is 0 Å². The summed E-state index contributed by atoms with van der Waals surface area (Å²) in [5.41, 5.74) is 0.873. The Morgan fingerprint density at radius 1 is 1.08 bits per heavy atom. The molecule has 0 aliphatic carbocycles. The molecule has 2 fully saturated rings. The first-order valence-electron chi connectivity index (χ1n) is 12.8. The lowest BCUT2D eigenvalue weighted by atomic mass is 10.1. The number of hydrogen-bond donors (Lipinski definition) is 1. The summed E-state index contributed by atoms with van der Waals surface area (Å²) in [4.78, 5) is 21.8. The molecule has 1 N–H and O–H groups in total. The maximum atomic E-state index is 14.0. The van der Waals surface area contributed by atoms with Crippen molar-refractivity contribution in [3.63, 3.8) is 0 Å². The van der Waals surface area contributed by atoms with Crippen molar-refractivity contribution >= 4 is 42.6 Å². The Hall–Kier alpha value is -2.60. The number of anilines is 1. The molecule has 1 unspecified atom stereocenters. The van der Waals surface area contributed by atoms with Crippen molar-refractivity contribution < 1.29 is 17.6 Å². The van der Waals surface area contributed by atoms with Crippen molar-refractivity contribution in [2.45, 2.75) is 37.1 Å². The number of hydrogen-bond acceptors (Lipinski definition) is 7. The van der Waals surface area contributed by atoms with E-state index in [-0.39, 0.29) is 22.7 Å². The molecule has 8 nitrogen and oxygen atoms in total. The zero-order chi connectivity index (χ0) is 26.0. The standard InChI is InChI=1S/C26H32FN5O3S2/c1-19-5-2-3-13-32(19)37(34,35)21-10-8-20(9-11-21)25(33)28-12-14-30-15-17-31(18-16-30)26-29-24-22(27)6-4-7-23(24)36-26/h4,6-11,19H,2-3,5,12-18H2,1H3,(H,28,33). The van der Waals surface area contributed by atoms with E-state index in [1.165, 1.54) is 29.5 Å². The fourth-order valence-electron chi connectivity index (χ4n) is 4.97. The molecule has 37 heavy (non-hydrogen) atoms. The minimum absolute atomic E-state index is 0.00667. The maximum Gasteiger partial charge on any atom is 0.251 e. The second-order valence-electron chi connectivity index (χ2n) is 9.65. The average Bonchev–Trinajstić information content (AvgIpc) is 3.35. The second kappa shape index (κ2) is 11.0. The van der Waals surface area contributed by atoms with Crippen LogP contribution in [-0.4, -0.2) is 80.4 Å². The van der Waals surface area contributed by atoms with Crippen LogP contribution in [-0.2, 0) is 10.0 Å². The molecular formula is C26H32FN5O3S2. The number of benzene rings is 2. The van der Waals surface area contributed by atoms with Crippen molar-refractivity contribution in [3.05, 3.63) is 53.8 Å². The van der Waals surface area contributed by atoms with Crippen LogP contribution in [0.2, 0.25) is 0 Å². The quantitative estimate of drug-likeness (QED) is 0.489. The number of amides is 1. The van der Waals surface area contributed by atoms with Gasteiger partial charge in [-0.05, 0) is 56.2 Å². The largest absolute Gasteiger partial charge is 0.351 e. The maximum absolute atomic E-state index is 14.0. The number of sulfonamides is 1. The Bertz CT molecular complexity index is 1350. The molecule has 1 aromatic heterocycles. The van der Waals surface area contributed by atoms with Gasteiger partial charge < -0.3 is 10.2 Å². The van der Waals surface area contributed by atoms with Crippen LogP contribution in [0.1, 0.15) is 36.5 Å². The molecule has 3 aromatic rings. The summed E-state index contributed by atoms with van der Waals surface area (Å²) in [5, 5.41) is 3.78. The SMILES string of the molecule is CC1CCCCN1S(=O)(=O)c1ccc(C(=O)NCCN2CCN(c3nc4c(F)cccc4s3)CC2)cc1. The molecular weight excluding hydrogens is 513 g/mol. The van der Waals surface area contributed by atoms with Crippen LogP contribution in [0.25, 0.3) is 10.2 Å². The molecule has 0 saturated carbocycles. The summed E-state index contributed by atoms with van der Waals surface area (Å²) in [7, 11) is -3.55. The van der Waals surface area contributed by atoms with Crippen LogP contribution >= 0.6 is 11.3 Å². The molecule has 1 atom stereocenters. The van der Waals surface area contributed by atoms with Crippen molar-refractivity contribution in [1.29, 1.82) is 0 Å². The minimum Gasteiger partial charge on any atom is -0.351 e. The summed E-state index contributed by atoms with van der Waals surface area (Å²) >= 11 is 1.51. The van der Waals surface area contributed by atoms with E-state index in [2.05, 4.69) is 20.1 Å². The lowest BCUT2D eigenvalue weighted by molar-refractivity contribution is 0.0947. The Labute approximate surface area is 221 Å². The number of nitrogens with one attached hydrogen (secondary N) is 1. The van der Waals surface area contributed by atoms with Gasteiger partial charge in [-0.15, -0.1) is 0 Å². The number of para-hydroxylation sites is 1. The van der Waals surface area contributed by atoms with Gasteiger partial charge in [0.05, 0.1) is 9.60 Å². The van der Waals surface area contributed by atoms with Crippen LogP contribution in [0, 0.1) is 5.82 Å². The minimum atomic E-state index is -3.55. The van der Waals surface area contributed by atoms with Gasteiger partial charge >= 0.3 is 0 Å². The topological polar surface area (TPSA) is 85.8 Å². The van der Waals surface area contributed by atoms with E-state index in [4.69, 9.17) is 0 Å². The number of aromatic nitrogens is 1. The van der Waals surface area contributed by atoms with Gasteiger partial charge in [0.1, 0.15) is 11.3 Å². The summed E-state index contributed by atoms with van der Waals surface area (Å²) in [6, 6.07) is 11.2. The first kappa shape index (κ1) is 26.0. The molecule has 1 amide bonds. The molecule has 11 heteroatoms. The van der Waals surface area contributed by atoms with E-state index in [1.54, 1.807) is 22.5 Å². The van der Waals surface area contributed by atoms with Crippen molar-refractivity contribution in [2.75, 3.05) is 50.7 Å². The van der Waals surface area contributed by atoms with Crippen molar-refractivity contribution in [2.24, 2.45) is 0 Å². The number of halogens is 1. The number of nitrogens with zero attached hydrogens (tertiary/aromatic N) is 4. The Morgan fingerprint density at radius 3 is 2.54 bits per heavy atom. The first-order chi connectivity index (χ1) is 17.8. The van der Waals surface area contributed by atoms with E-state index >= 15 is 0 Å². The molecule has 198 valence electrons. The van der Waals surface area contributed by atoms with E-state index in [1.807, 2.05) is 13.0 Å². The van der Waals surface area contributed by atoms with Crippen LogP contribution in [0.3, 0.4) is 0 Å². The zero-order valence-electron chi connectivity index (χ0n) is 20.9. The number of piperidine rings is 1. The van der Waals surface area contributed by atoms with Gasteiger partial charge in [-0.25, -0.2) is 17.8 Å². The Morgan fingerprint density at radius 2 is 1.84 bits per heavy atom. The molecule has 0 spiro atoms. The van der Waals surface area contributed by atoms with Crippen LogP contribution in [0.15, 0.2) is 47.4 Å². The van der Waals surface area contributed by atoms with E-state index in [0.717, 1.165) is 55.3 Å². The molecule has 0 bridgehead atoms. The molecule has 2 saturated heterocycles. The van der Waals surface area contributed by atoms with Crippen LogP contribution in [0.5, 0.6) is 0 Å². The van der Waals surface area contributed by atoms with Gasteiger partial charge in [0, 0.05) is 57.4 Å². The number of thiazole rings is 1. The molecule has 2 aromatic carbocycles. The number of carbonyl (C=O) groups is 1. The van der Waals surface area contributed by atoms with Gasteiger partial charge in [0.2, 0.25) is 10.0 Å². The third-order valence-corrected chi connectivity index (χ3v) is 10.3. The molecule has 5 rings (SSSR count). The molecule has 3 heterocycles. The lowest BCUT2D eigenvalue weighted by Crippen LogP contribution is -2.48. The van der Waals surface area contributed by atoms with Gasteiger partial charge in [-0.1, -0.05) is 23.8 Å². The predicted octanol–water partition coefficient (Wildman–Crippen LogP) is 3.55. The monoisotopic (exact) mass is 545 g/mol. The fourth-order valence-corrected chi connectivity index (χ4v) is 7.70. The van der Waals surface area contributed by atoms with Gasteiger partial charge in [-0.3, -0.25) is 9.69 Å². The molecule has 2 aliphatic rings. The van der Waals surface area contributed by atoms with E-state index in [0.29, 0.717) is 30.7 Å². The van der Waals surface area contributed by atoms with Crippen molar-refractivity contribution in [1.82, 2.24) is 19.5 Å². The normalized spacial score (nSPS) is 19.8. The smallest absolute Gasteiger partial charge is 0.251 e. The van der Waals surface area contributed by atoms with E-state index < -0.39 is 10.0 Å².